The van der Waals surface area contributed by atoms with Crippen LogP contribution in [0, 0.1) is 5.41 Å². The molecule has 0 aromatic heterocycles. The number of rotatable bonds is 16. The van der Waals surface area contributed by atoms with Crippen LogP contribution in [0.25, 0.3) is 0 Å². The monoisotopic (exact) mass is 522 g/mol. The Bertz CT molecular complexity index is 837. The van der Waals surface area contributed by atoms with Crippen LogP contribution >= 0.6 is 0 Å². The van der Waals surface area contributed by atoms with Crippen molar-refractivity contribution in [1.82, 2.24) is 15.4 Å². The molecule has 2 atom stereocenters. The van der Waals surface area contributed by atoms with Gasteiger partial charge in [-0.25, -0.2) is 14.5 Å². The molecular formula is C21H38N4O9S. The molecule has 13 nitrogen and oxygen atoms in total. The summed E-state index contributed by atoms with van der Waals surface area (Å²) in [5.74, 6) is -1.12. The highest BCUT2D eigenvalue weighted by Crippen LogP contribution is 2.31. The van der Waals surface area contributed by atoms with E-state index in [2.05, 4.69) is 12.4 Å². The van der Waals surface area contributed by atoms with Crippen LogP contribution in [0.2, 0.25) is 0 Å². The highest BCUT2D eigenvalue weighted by molar-refractivity contribution is 7.81. The first kappa shape index (κ1) is 29.2. The molecule has 3 N–H and O–H groups in total. The average Bonchev–Trinajstić information content (AvgIpc) is 3.04. The summed E-state index contributed by atoms with van der Waals surface area (Å²) in [5.41, 5.74) is 6.29. The second-order valence-corrected chi connectivity index (χ2v) is 10.5. The van der Waals surface area contributed by atoms with E-state index < -0.39 is 52.4 Å². The summed E-state index contributed by atoms with van der Waals surface area (Å²) in [5, 5.41) is 0.699. The summed E-state index contributed by atoms with van der Waals surface area (Å²) >= 11 is 0. The Labute approximate surface area is 206 Å². The fourth-order valence-electron chi connectivity index (χ4n) is 3.72. The lowest BCUT2D eigenvalue weighted by Crippen LogP contribution is -2.50. The number of ether oxygens (including phenoxy) is 1. The first-order valence-electron chi connectivity index (χ1n) is 12.0. The first-order chi connectivity index (χ1) is 16.5. The molecule has 0 spiro atoms. The predicted octanol–water partition coefficient (Wildman–Crippen LogP) is 0.994. The number of nitrogens with zero attached hydrogens (tertiary/aromatic N) is 2. The van der Waals surface area contributed by atoms with Gasteiger partial charge < -0.3 is 15.4 Å². The minimum absolute atomic E-state index is 0.111. The molecule has 2 heterocycles. The quantitative estimate of drug-likeness (QED) is 0.169. The standard InChI is InChI=1S/C21H38N4O9S/c1-4-5-6-7-8-12-31-19(27)21(2,3)15-33-35(29,30)34-25-16-9-10-17(24(14-16)20(25)28)18(26)23-32-13-11-22/h16-17H,4-15,22H2,1-3H3,(H,23,26). The lowest BCUT2D eigenvalue weighted by molar-refractivity contribution is -0.156. The molecule has 0 aromatic rings. The van der Waals surface area contributed by atoms with Crippen molar-refractivity contribution in [3.63, 3.8) is 0 Å². The predicted molar refractivity (Wildman–Crippen MR) is 123 cm³/mol. The summed E-state index contributed by atoms with van der Waals surface area (Å²) in [6.45, 7) is 5.27. The minimum atomic E-state index is -4.66. The topological polar surface area (TPSA) is 167 Å². The molecule has 2 rings (SSSR count). The number of unbranched alkanes of at least 4 members (excludes halogenated alkanes) is 4. The van der Waals surface area contributed by atoms with E-state index in [0.717, 1.165) is 32.1 Å². The van der Waals surface area contributed by atoms with E-state index in [0.29, 0.717) is 17.9 Å². The number of piperidine rings is 1. The van der Waals surface area contributed by atoms with E-state index in [1.807, 2.05) is 0 Å². The van der Waals surface area contributed by atoms with Crippen molar-refractivity contribution in [2.75, 3.05) is 32.9 Å². The maximum atomic E-state index is 12.7. The zero-order valence-electron chi connectivity index (χ0n) is 20.7. The average molecular weight is 523 g/mol. The van der Waals surface area contributed by atoms with E-state index in [1.54, 1.807) is 0 Å². The smallest absolute Gasteiger partial charge is 0.421 e. The number of carbonyl (C=O) groups is 3. The normalized spacial score (nSPS) is 20.3. The second-order valence-electron chi connectivity index (χ2n) is 9.29. The summed E-state index contributed by atoms with van der Waals surface area (Å²) in [7, 11) is -4.66. The van der Waals surface area contributed by atoms with Gasteiger partial charge in [0.25, 0.3) is 5.91 Å². The number of amides is 3. The molecule has 0 aliphatic carbocycles. The minimum Gasteiger partial charge on any atom is -0.465 e. The summed E-state index contributed by atoms with van der Waals surface area (Å²) in [6, 6.07) is -2.18. The number of esters is 1. The van der Waals surface area contributed by atoms with Gasteiger partial charge in [-0.3, -0.25) is 14.4 Å². The fraction of sp³-hybridized carbons (Fsp3) is 0.857. The third-order valence-corrected chi connectivity index (χ3v) is 6.54. The zero-order valence-corrected chi connectivity index (χ0v) is 21.5. The number of fused-ring (bicyclic) bond motifs is 2. The molecule has 2 saturated heterocycles. The first-order valence-corrected chi connectivity index (χ1v) is 13.3. The number of nitrogens with one attached hydrogen (secondary N) is 1. The van der Waals surface area contributed by atoms with Crippen molar-refractivity contribution in [3.8, 4) is 0 Å². The van der Waals surface area contributed by atoms with Gasteiger partial charge in [-0.15, -0.1) is 4.28 Å². The van der Waals surface area contributed by atoms with Gasteiger partial charge in [0.1, 0.15) is 6.04 Å². The van der Waals surface area contributed by atoms with Crippen molar-refractivity contribution in [1.29, 1.82) is 0 Å². The van der Waals surface area contributed by atoms with Crippen LogP contribution in [0.4, 0.5) is 4.79 Å². The third kappa shape index (κ3) is 8.56. The maximum Gasteiger partial charge on any atom is 0.421 e. The molecule has 2 unspecified atom stereocenters. The molecule has 202 valence electrons. The SMILES string of the molecule is CCCCCCCOC(=O)C(C)(C)COS(=O)(=O)ON1C(=O)N2CC1CCC2C(=O)NOCCN. The Hall–Kier alpha value is -2.00. The summed E-state index contributed by atoms with van der Waals surface area (Å²) < 4.78 is 39.9. The largest absolute Gasteiger partial charge is 0.465 e. The Kier molecular flexibility index (Phi) is 11.1. The molecule has 2 bridgehead atoms. The molecule has 3 amide bonds. The van der Waals surface area contributed by atoms with Crippen LogP contribution in [-0.4, -0.2) is 81.3 Å². The molecule has 2 fully saturated rings. The molecule has 35 heavy (non-hydrogen) atoms. The van der Waals surface area contributed by atoms with Crippen LogP contribution < -0.4 is 11.2 Å². The lowest BCUT2D eigenvalue weighted by atomic mass is 9.95. The molecule has 0 aromatic carbocycles. The molecule has 2 aliphatic rings. The third-order valence-electron chi connectivity index (χ3n) is 5.79. The molecule has 0 saturated carbocycles. The fourth-order valence-corrected chi connectivity index (χ4v) is 4.58. The number of hydroxylamine groups is 3. The molecule has 14 heteroatoms. The molecule has 2 aliphatic heterocycles. The van der Waals surface area contributed by atoms with Crippen LogP contribution in [0.3, 0.4) is 0 Å². The number of nitrogens with two attached hydrogens (primary N) is 1. The van der Waals surface area contributed by atoms with Gasteiger partial charge in [0.15, 0.2) is 0 Å². The van der Waals surface area contributed by atoms with Gasteiger partial charge in [-0.1, -0.05) is 32.6 Å². The van der Waals surface area contributed by atoms with Crippen LogP contribution in [0.5, 0.6) is 0 Å². The maximum absolute atomic E-state index is 12.7. The highest BCUT2D eigenvalue weighted by Gasteiger charge is 2.49. The summed E-state index contributed by atoms with van der Waals surface area (Å²) in [4.78, 5) is 43.5. The van der Waals surface area contributed by atoms with Gasteiger partial charge in [-0.2, -0.15) is 13.5 Å². The Balaban J connectivity index is 1.84. The van der Waals surface area contributed by atoms with Crippen LogP contribution in [0.1, 0.15) is 65.7 Å². The van der Waals surface area contributed by atoms with E-state index in [1.165, 1.54) is 18.7 Å². The van der Waals surface area contributed by atoms with E-state index >= 15 is 0 Å². The second kappa shape index (κ2) is 13.3. The van der Waals surface area contributed by atoms with Crippen molar-refractivity contribution >= 4 is 28.3 Å². The number of hydrogen-bond acceptors (Lipinski definition) is 10. The highest BCUT2D eigenvalue weighted by atomic mass is 32.3. The zero-order chi connectivity index (χ0) is 26.1. The van der Waals surface area contributed by atoms with Gasteiger partial charge in [0.05, 0.1) is 31.3 Å². The van der Waals surface area contributed by atoms with Gasteiger partial charge in [-0.05, 0) is 33.1 Å². The molecular weight excluding hydrogens is 484 g/mol. The number of urea groups is 1. The van der Waals surface area contributed by atoms with Crippen LogP contribution in [-0.2, 0) is 38.0 Å². The van der Waals surface area contributed by atoms with E-state index in [4.69, 9.17) is 23.8 Å². The van der Waals surface area contributed by atoms with Gasteiger partial charge in [0, 0.05) is 13.1 Å². The molecule has 0 radical (unpaired) electrons. The van der Waals surface area contributed by atoms with Crippen molar-refractivity contribution in [2.45, 2.75) is 77.8 Å². The van der Waals surface area contributed by atoms with E-state index in [9.17, 15) is 22.8 Å². The Morgan fingerprint density at radius 1 is 1.14 bits per heavy atom. The summed E-state index contributed by atoms with van der Waals surface area (Å²) in [6.07, 6.45) is 5.62. The van der Waals surface area contributed by atoms with Crippen molar-refractivity contribution < 1.29 is 40.8 Å². The van der Waals surface area contributed by atoms with Crippen molar-refractivity contribution in [2.24, 2.45) is 11.1 Å². The Morgan fingerprint density at radius 3 is 2.54 bits per heavy atom. The number of hydrogen-bond donors (Lipinski definition) is 2. The number of carbonyl (C=O) groups excluding carboxylic acids is 3. The van der Waals surface area contributed by atoms with Crippen molar-refractivity contribution in [3.05, 3.63) is 0 Å². The van der Waals surface area contributed by atoms with Gasteiger partial charge in [0.2, 0.25) is 0 Å². The van der Waals surface area contributed by atoms with Crippen LogP contribution in [0.15, 0.2) is 0 Å². The van der Waals surface area contributed by atoms with Gasteiger partial charge >= 0.3 is 22.4 Å². The van der Waals surface area contributed by atoms with E-state index in [-0.39, 0.29) is 26.3 Å². The Morgan fingerprint density at radius 2 is 1.86 bits per heavy atom. The lowest BCUT2D eigenvalue weighted by Gasteiger charge is -2.28.